The Labute approximate surface area is 151 Å². The minimum atomic E-state index is 0.0464. The predicted molar refractivity (Wildman–Crippen MR) is 95.1 cm³/mol. The third-order valence-electron chi connectivity index (χ3n) is 4.46. The van der Waals surface area contributed by atoms with E-state index in [4.69, 9.17) is 4.74 Å². The van der Waals surface area contributed by atoms with Crippen LogP contribution in [0.25, 0.3) is 5.69 Å². The summed E-state index contributed by atoms with van der Waals surface area (Å²) in [5.74, 6) is 0.0524. The SMILES string of the molecule is O=C(c1ccc(-n2ccnc2)cc1)N1CCC(Oc2ncccn2)CC1. The number of imidazole rings is 1. The number of benzene rings is 1. The highest BCUT2D eigenvalue weighted by Gasteiger charge is 2.25. The van der Waals surface area contributed by atoms with Crippen molar-refractivity contribution in [2.45, 2.75) is 18.9 Å². The molecule has 132 valence electrons. The summed E-state index contributed by atoms with van der Waals surface area (Å²) in [5.41, 5.74) is 1.67. The Morgan fingerprint density at radius 3 is 2.42 bits per heavy atom. The second-order valence-electron chi connectivity index (χ2n) is 6.16. The maximum atomic E-state index is 12.7. The Kier molecular flexibility index (Phi) is 4.59. The highest BCUT2D eigenvalue weighted by atomic mass is 16.5. The summed E-state index contributed by atoms with van der Waals surface area (Å²) in [6.07, 6.45) is 10.3. The summed E-state index contributed by atoms with van der Waals surface area (Å²) in [7, 11) is 0. The van der Waals surface area contributed by atoms with Gasteiger partial charge in [-0.2, -0.15) is 0 Å². The number of ether oxygens (including phenoxy) is 1. The zero-order valence-corrected chi connectivity index (χ0v) is 14.2. The van der Waals surface area contributed by atoms with Gasteiger partial charge in [-0.3, -0.25) is 4.79 Å². The molecule has 0 N–H and O–H groups in total. The molecule has 0 spiro atoms. The fourth-order valence-corrected chi connectivity index (χ4v) is 3.04. The number of piperidine rings is 1. The molecular weight excluding hydrogens is 330 g/mol. The molecule has 26 heavy (non-hydrogen) atoms. The lowest BCUT2D eigenvalue weighted by Gasteiger charge is -2.31. The first kappa shape index (κ1) is 16.3. The van der Waals surface area contributed by atoms with Gasteiger partial charge in [0.15, 0.2) is 0 Å². The van der Waals surface area contributed by atoms with Crippen LogP contribution in [0.15, 0.2) is 61.4 Å². The van der Waals surface area contributed by atoms with Crippen LogP contribution < -0.4 is 4.74 Å². The van der Waals surface area contributed by atoms with Crippen molar-refractivity contribution in [2.75, 3.05) is 13.1 Å². The Balaban J connectivity index is 1.34. The van der Waals surface area contributed by atoms with Crippen LogP contribution in [0.2, 0.25) is 0 Å². The molecular formula is C19H19N5O2. The van der Waals surface area contributed by atoms with Crippen LogP contribution in [0.1, 0.15) is 23.2 Å². The van der Waals surface area contributed by atoms with Gasteiger partial charge in [-0.25, -0.2) is 15.0 Å². The molecule has 0 bridgehead atoms. The van der Waals surface area contributed by atoms with Crippen molar-refractivity contribution in [3.05, 3.63) is 67.0 Å². The highest BCUT2D eigenvalue weighted by molar-refractivity contribution is 5.94. The number of nitrogens with zero attached hydrogens (tertiary/aromatic N) is 5. The van der Waals surface area contributed by atoms with Crippen LogP contribution in [0.4, 0.5) is 0 Å². The topological polar surface area (TPSA) is 73.1 Å². The lowest BCUT2D eigenvalue weighted by molar-refractivity contribution is 0.0578. The molecule has 0 atom stereocenters. The number of amides is 1. The summed E-state index contributed by atoms with van der Waals surface area (Å²) < 4.78 is 7.68. The molecule has 0 radical (unpaired) electrons. The van der Waals surface area contributed by atoms with E-state index >= 15 is 0 Å². The van der Waals surface area contributed by atoms with Gasteiger partial charge < -0.3 is 14.2 Å². The number of aromatic nitrogens is 4. The van der Waals surface area contributed by atoms with E-state index in [1.807, 2.05) is 39.9 Å². The van der Waals surface area contributed by atoms with Crippen molar-refractivity contribution in [1.29, 1.82) is 0 Å². The van der Waals surface area contributed by atoms with Crippen LogP contribution in [0.3, 0.4) is 0 Å². The van der Waals surface area contributed by atoms with Gasteiger partial charge >= 0.3 is 6.01 Å². The van der Waals surface area contributed by atoms with E-state index in [2.05, 4.69) is 15.0 Å². The van der Waals surface area contributed by atoms with Crippen molar-refractivity contribution in [2.24, 2.45) is 0 Å². The Hall–Kier alpha value is -3.22. The van der Waals surface area contributed by atoms with Crippen molar-refractivity contribution < 1.29 is 9.53 Å². The summed E-state index contributed by atoms with van der Waals surface area (Å²) in [5, 5.41) is 0. The first-order valence-corrected chi connectivity index (χ1v) is 8.61. The van der Waals surface area contributed by atoms with Crippen LogP contribution >= 0.6 is 0 Å². The van der Waals surface area contributed by atoms with E-state index < -0.39 is 0 Å². The van der Waals surface area contributed by atoms with E-state index in [1.165, 1.54) is 0 Å². The largest absolute Gasteiger partial charge is 0.460 e. The molecule has 0 unspecified atom stereocenters. The standard InChI is InChI=1S/C19H19N5O2/c25-18(15-2-4-16(5-3-15)24-13-10-20-14-24)23-11-6-17(7-12-23)26-19-21-8-1-9-22-19/h1-5,8-10,13-14,17H,6-7,11-12H2. The molecule has 7 nitrogen and oxygen atoms in total. The van der Waals surface area contributed by atoms with E-state index in [0.717, 1.165) is 18.5 Å². The second-order valence-corrected chi connectivity index (χ2v) is 6.16. The number of likely N-dealkylation sites (tertiary alicyclic amines) is 1. The number of hydrogen-bond donors (Lipinski definition) is 0. The van der Waals surface area contributed by atoms with Gasteiger partial charge in [0.05, 0.1) is 6.33 Å². The first-order chi connectivity index (χ1) is 12.8. The van der Waals surface area contributed by atoms with E-state index in [1.54, 1.807) is 31.0 Å². The minimum absolute atomic E-state index is 0.0464. The normalized spacial score (nSPS) is 15.0. The van der Waals surface area contributed by atoms with Gasteiger partial charge in [-0.05, 0) is 30.3 Å². The number of rotatable bonds is 4. The lowest BCUT2D eigenvalue weighted by Crippen LogP contribution is -2.41. The van der Waals surface area contributed by atoms with Crippen molar-refractivity contribution >= 4 is 5.91 Å². The van der Waals surface area contributed by atoms with Crippen LogP contribution in [-0.2, 0) is 0 Å². The molecule has 1 aromatic carbocycles. The molecule has 1 aliphatic rings. The quantitative estimate of drug-likeness (QED) is 0.723. The van der Waals surface area contributed by atoms with Crippen LogP contribution in [0.5, 0.6) is 6.01 Å². The predicted octanol–water partition coefficient (Wildman–Crippen LogP) is 2.35. The Morgan fingerprint density at radius 1 is 1.04 bits per heavy atom. The second kappa shape index (κ2) is 7.35. The van der Waals surface area contributed by atoms with Gasteiger partial charge in [0.1, 0.15) is 6.10 Å². The minimum Gasteiger partial charge on any atom is -0.460 e. The number of carbonyl (C=O) groups is 1. The van der Waals surface area contributed by atoms with Crippen LogP contribution in [-0.4, -0.2) is 49.5 Å². The molecule has 3 aromatic rings. The lowest BCUT2D eigenvalue weighted by atomic mass is 10.1. The number of hydrogen-bond acceptors (Lipinski definition) is 5. The fourth-order valence-electron chi connectivity index (χ4n) is 3.04. The van der Waals surface area contributed by atoms with Crippen molar-refractivity contribution in [1.82, 2.24) is 24.4 Å². The van der Waals surface area contributed by atoms with Gasteiger partial charge in [0.2, 0.25) is 0 Å². The average molecular weight is 349 g/mol. The smallest absolute Gasteiger partial charge is 0.316 e. The summed E-state index contributed by atoms with van der Waals surface area (Å²) in [4.78, 5) is 26.8. The fraction of sp³-hybridized carbons (Fsp3) is 0.263. The summed E-state index contributed by atoms with van der Waals surface area (Å²) in [6, 6.07) is 9.73. The average Bonchev–Trinajstić information content (AvgIpc) is 3.24. The zero-order chi connectivity index (χ0) is 17.8. The molecule has 3 heterocycles. The molecule has 7 heteroatoms. The molecule has 0 saturated carbocycles. The van der Waals surface area contributed by atoms with Gasteiger partial charge in [0.25, 0.3) is 5.91 Å². The molecule has 2 aromatic heterocycles. The van der Waals surface area contributed by atoms with E-state index in [9.17, 15) is 4.79 Å². The van der Waals surface area contributed by atoms with Gasteiger partial charge in [0, 0.05) is 62.0 Å². The Bertz CT molecular complexity index is 841. The third kappa shape index (κ3) is 3.56. The van der Waals surface area contributed by atoms with E-state index in [-0.39, 0.29) is 12.0 Å². The van der Waals surface area contributed by atoms with E-state index in [0.29, 0.717) is 24.7 Å². The summed E-state index contributed by atoms with van der Waals surface area (Å²) >= 11 is 0. The number of carbonyl (C=O) groups excluding carboxylic acids is 1. The molecule has 1 saturated heterocycles. The van der Waals surface area contributed by atoms with Crippen molar-refractivity contribution in [3.8, 4) is 11.7 Å². The highest BCUT2D eigenvalue weighted by Crippen LogP contribution is 2.18. The zero-order valence-electron chi connectivity index (χ0n) is 14.2. The maximum Gasteiger partial charge on any atom is 0.316 e. The Morgan fingerprint density at radius 2 is 1.77 bits per heavy atom. The van der Waals surface area contributed by atoms with Crippen LogP contribution in [0, 0.1) is 0 Å². The summed E-state index contributed by atoms with van der Waals surface area (Å²) in [6.45, 7) is 1.33. The van der Waals surface area contributed by atoms with Crippen molar-refractivity contribution in [3.63, 3.8) is 0 Å². The van der Waals surface area contributed by atoms with Gasteiger partial charge in [-0.15, -0.1) is 0 Å². The molecule has 0 aliphatic carbocycles. The molecule has 1 amide bonds. The monoisotopic (exact) mass is 349 g/mol. The maximum absolute atomic E-state index is 12.7. The molecule has 1 aliphatic heterocycles. The first-order valence-electron chi connectivity index (χ1n) is 8.61. The molecule has 1 fully saturated rings. The van der Waals surface area contributed by atoms with Gasteiger partial charge in [-0.1, -0.05) is 0 Å². The third-order valence-corrected chi connectivity index (χ3v) is 4.46. The molecule has 4 rings (SSSR count).